The van der Waals surface area contributed by atoms with Crippen LogP contribution in [0, 0.1) is 5.92 Å². The minimum absolute atomic E-state index is 0.122. The molecule has 0 spiro atoms. The van der Waals surface area contributed by atoms with Crippen LogP contribution in [0.15, 0.2) is 78.9 Å². The molecular formula is C35H42N6O5. The van der Waals surface area contributed by atoms with Crippen molar-refractivity contribution in [3.8, 4) is 11.1 Å². The molecule has 2 aliphatic heterocycles. The molecule has 2 saturated heterocycles. The van der Waals surface area contributed by atoms with Gasteiger partial charge >= 0.3 is 6.09 Å². The Morgan fingerprint density at radius 3 is 2.22 bits per heavy atom. The summed E-state index contributed by atoms with van der Waals surface area (Å²) in [7, 11) is 0. The average molecular weight is 627 g/mol. The van der Waals surface area contributed by atoms with E-state index in [0.29, 0.717) is 68.8 Å². The molecule has 4 amide bonds. The Morgan fingerprint density at radius 1 is 0.783 bits per heavy atom. The maximum atomic E-state index is 12.8. The standard InChI is InChI=1S/C35H42N6O5/c36-33(43)26-13-18-41(19-14-26)24-32(42)38-28-10-6-9-27(23-28)34(44)37-17-22-40-20-15-29(16-21-40)46-35(45)39-31-12-5-4-11-30(31)25-7-2-1-3-8-25/h1-12,23,26,29H,13-22,24H2,(H2,36,43)(H,37,44)(H,38,42)(H,39,45). The number of ether oxygens (including phenoxy) is 1. The smallest absolute Gasteiger partial charge is 0.411 e. The van der Waals surface area contributed by atoms with Crippen LogP contribution in [0.1, 0.15) is 36.0 Å². The molecule has 0 radical (unpaired) electrons. The number of carbonyl (C=O) groups excluding carboxylic acids is 4. The van der Waals surface area contributed by atoms with Crippen molar-refractivity contribution in [3.05, 3.63) is 84.4 Å². The molecule has 5 rings (SSSR count). The Hall–Kier alpha value is -4.74. The minimum atomic E-state index is -0.461. The van der Waals surface area contributed by atoms with E-state index in [1.54, 1.807) is 24.3 Å². The first kappa shape index (κ1) is 32.6. The zero-order valence-electron chi connectivity index (χ0n) is 26.0. The summed E-state index contributed by atoms with van der Waals surface area (Å²) in [6, 6.07) is 24.4. The van der Waals surface area contributed by atoms with E-state index in [1.165, 1.54) is 0 Å². The maximum absolute atomic E-state index is 12.8. The largest absolute Gasteiger partial charge is 0.446 e. The first-order chi connectivity index (χ1) is 22.3. The number of hydrogen-bond acceptors (Lipinski definition) is 7. The lowest BCUT2D eigenvalue weighted by Gasteiger charge is -2.31. The van der Waals surface area contributed by atoms with Crippen molar-refractivity contribution in [2.75, 3.05) is 56.4 Å². The molecule has 11 heteroatoms. The number of amides is 4. The highest BCUT2D eigenvalue weighted by Crippen LogP contribution is 2.28. The van der Waals surface area contributed by atoms with Crippen molar-refractivity contribution in [1.29, 1.82) is 0 Å². The molecule has 2 aliphatic rings. The molecule has 3 aromatic rings. The number of piperidine rings is 2. The maximum Gasteiger partial charge on any atom is 0.411 e. The third-order valence-electron chi connectivity index (χ3n) is 8.54. The number of para-hydroxylation sites is 1. The third-order valence-corrected chi connectivity index (χ3v) is 8.54. The second-order valence-corrected chi connectivity index (χ2v) is 11.8. The number of carbonyl (C=O) groups is 4. The Morgan fingerprint density at radius 2 is 1.48 bits per heavy atom. The molecule has 242 valence electrons. The molecule has 0 aromatic heterocycles. The molecular weight excluding hydrogens is 584 g/mol. The van der Waals surface area contributed by atoms with Crippen LogP contribution in [0.5, 0.6) is 0 Å². The highest BCUT2D eigenvalue weighted by atomic mass is 16.6. The van der Waals surface area contributed by atoms with Gasteiger partial charge in [0.1, 0.15) is 6.10 Å². The normalized spacial score (nSPS) is 16.3. The van der Waals surface area contributed by atoms with Crippen LogP contribution in [0.25, 0.3) is 11.1 Å². The number of hydrogen-bond donors (Lipinski definition) is 4. The van der Waals surface area contributed by atoms with Gasteiger partial charge in [0.15, 0.2) is 0 Å². The fourth-order valence-corrected chi connectivity index (χ4v) is 5.95. The molecule has 0 atom stereocenters. The zero-order chi connectivity index (χ0) is 32.3. The lowest BCUT2D eigenvalue weighted by molar-refractivity contribution is -0.123. The molecule has 5 N–H and O–H groups in total. The van der Waals surface area contributed by atoms with Gasteiger partial charge in [-0.15, -0.1) is 0 Å². The van der Waals surface area contributed by atoms with Crippen LogP contribution in [0.2, 0.25) is 0 Å². The van der Waals surface area contributed by atoms with Gasteiger partial charge in [0, 0.05) is 48.9 Å². The fraction of sp³-hybridized carbons (Fsp3) is 0.371. The van der Waals surface area contributed by atoms with E-state index in [4.69, 9.17) is 10.5 Å². The Bertz CT molecular complexity index is 1500. The number of nitrogens with zero attached hydrogens (tertiary/aromatic N) is 2. The monoisotopic (exact) mass is 626 g/mol. The topological polar surface area (TPSA) is 146 Å². The third kappa shape index (κ3) is 9.38. The van der Waals surface area contributed by atoms with Gasteiger partial charge in [-0.05, 0) is 68.6 Å². The van der Waals surface area contributed by atoms with Crippen molar-refractivity contribution in [1.82, 2.24) is 15.1 Å². The van der Waals surface area contributed by atoms with Crippen LogP contribution in [-0.4, -0.2) is 85.5 Å². The van der Waals surface area contributed by atoms with Gasteiger partial charge in [-0.2, -0.15) is 0 Å². The van der Waals surface area contributed by atoms with E-state index >= 15 is 0 Å². The highest BCUT2D eigenvalue weighted by molar-refractivity contribution is 5.97. The number of nitrogens with two attached hydrogens (primary N) is 1. The van der Waals surface area contributed by atoms with Crippen LogP contribution in [-0.2, 0) is 14.3 Å². The van der Waals surface area contributed by atoms with Crippen LogP contribution in [0.4, 0.5) is 16.2 Å². The number of primary amides is 1. The molecule has 2 heterocycles. The summed E-state index contributed by atoms with van der Waals surface area (Å²) in [5, 5.41) is 8.73. The molecule has 0 bridgehead atoms. The molecule has 46 heavy (non-hydrogen) atoms. The first-order valence-electron chi connectivity index (χ1n) is 15.9. The van der Waals surface area contributed by atoms with Gasteiger partial charge in [-0.25, -0.2) is 4.79 Å². The molecule has 0 aliphatic carbocycles. The van der Waals surface area contributed by atoms with Crippen LogP contribution in [0.3, 0.4) is 0 Å². The van der Waals surface area contributed by atoms with E-state index in [0.717, 1.165) is 24.2 Å². The lowest BCUT2D eigenvalue weighted by Crippen LogP contribution is -2.42. The van der Waals surface area contributed by atoms with Crippen molar-refractivity contribution in [2.45, 2.75) is 31.8 Å². The van der Waals surface area contributed by atoms with Gasteiger partial charge in [-0.1, -0.05) is 54.6 Å². The number of rotatable bonds is 11. The summed E-state index contributed by atoms with van der Waals surface area (Å²) in [4.78, 5) is 53.7. The van der Waals surface area contributed by atoms with Gasteiger partial charge in [0.05, 0.1) is 12.2 Å². The van der Waals surface area contributed by atoms with Gasteiger partial charge < -0.3 is 26.0 Å². The second-order valence-electron chi connectivity index (χ2n) is 11.8. The van der Waals surface area contributed by atoms with Crippen LogP contribution < -0.4 is 21.7 Å². The predicted molar refractivity (Wildman–Crippen MR) is 177 cm³/mol. The molecule has 11 nitrogen and oxygen atoms in total. The molecule has 2 fully saturated rings. The lowest BCUT2D eigenvalue weighted by atomic mass is 9.96. The van der Waals surface area contributed by atoms with Crippen LogP contribution >= 0.6 is 0 Å². The zero-order valence-corrected chi connectivity index (χ0v) is 26.0. The van der Waals surface area contributed by atoms with E-state index in [2.05, 4.69) is 20.9 Å². The summed E-state index contributed by atoms with van der Waals surface area (Å²) < 4.78 is 5.73. The van der Waals surface area contributed by atoms with Crippen molar-refractivity contribution in [3.63, 3.8) is 0 Å². The summed E-state index contributed by atoms with van der Waals surface area (Å²) >= 11 is 0. The Labute approximate surface area is 269 Å². The highest BCUT2D eigenvalue weighted by Gasteiger charge is 2.25. The average Bonchev–Trinajstić information content (AvgIpc) is 3.06. The fourth-order valence-electron chi connectivity index (χ4n) is 5.95. The Kier molecular flexibility index (Phi) is 11.4. The van der Waals surface area contributed by atoms with E-state index in [-0.39, 0.29) is 36.3 Å². The molecule has 0 unspecified atom stereocenters. The van der Waals surface area contributed by atoms with Crippen molar-refractivity contribution < 1.29 is 23.9 Å². The molecule has 0 saturated carbocycles. The second kappa shape index (κ2) is 16.0. The number of nitrogens with one attached hydrogen (secondary N) is 3. The molecule has 3 aromatic carbocycles. The number of likely N-dealkylation sites (tertiary alicyclic amines) is 2. The van der Waals surface area contributed by atoms with Crippen molar-refractivity contribution in [2.24, 2.45) is 11.7 Å². The van der Waals surface area contributed by atoms with Gasteiger partial charge in [-0.3, -0.25) is 24.6 Å². The first-order valence-corrected chi connectivity index (χ1v) is 15.9. The van der Waals surface area contributed by atoms with Gasteiger partial charge in [0.25, 0.3) is 5.91 Å². The van der Waals surface area contributed by atoms with E-state index in [9.17, 15) is 19.2 Å². The quantitative estimate of drug-likeness (QED) is 0.252. The number of anilines is 2. The van der Waals surface area contributed by atoms with Gasteiger partial charge in [0.2, 0.25) is 11.8 Å². The summed E-state index contributed by atoms with van der Waals surface area (Å²) in [5.41, 5.74) is 9.07. The summed E-state index contributed by atoms with van der Waals surface area (Å²) in [5.74, 6) is -0.785. The number of benzene rings is 3. The predicted octanol–water partition coefficient (Wildman–Crippen LogP) is 3.93. The minimum Gasteiger partial charge on any atom is -0.446 e. The van der Waals surface area contributed by atoms with E-state index in [1.807, 2.05) is 59.5 Å². The summed E-state index contributed by atoms with van der Waals surface area (Å²) in [6.07, 6.45) is 2.12. The Balaban J connectivity index is 0.994. The van der Waals surface area contributed by atoms with Crippen molar-refractivity contribution >= 4 is 35.2 Å². The van der Waals surface area contributed by atoms with E-state index < -0.39 is 6.09 Å². The summed E-state index contributed by atoms with van der Waals surface area (Å²) in [6.45, 7) is 4.18. The SMILES string of the molecule is NC(=O)C1CCN(CC(=O)Nc2cccc(C(=O)NCCN3CCC(OC(=O)Nc4ccccc4-c4ccccc4)CC3)c2)CC1.